The number of piperazine rings is 1. The third-order valence-electron chi connectivity index (χ3n) is 6.13. The van der Waals surface area contributed by atoms with Gasteiger partial charge in [-0.25, -0.2) is 5.10 Å². The number of fused-ring (bicyclic) bond motifs is 1. The molecule has 7 nitrogen and oxygen atoms in total. The third-order valence-corrected chi connectivity index (χ3v) is 6.13. The summed E-state index contributed by atoms with van der Waals surface area (Å²) in [5.74, 6) is 0.450. The highest BCUT2D eigenvalue weighted by molar-refractivity contribution is 5.94. The van der Waals surface area contributed by atoms with E-state index in [1.807, 2.05) is 52.3 Å². The molecule has 0 unspecified atom stereocenters. The van der Waals surface area contributed by atoms with Crippen LogP contribution in [-0.2, 0) is 11.2 Å². The Morgan fingerprint density at radius 3 is 2.39 bits per heavy atom. The molecule has 5 rings (SSSR count). The van der Waals surface area contributed by atoms with E-state index in [9.17, 15) is 14.4 Å². The van der Waals surface area contributed by atoms with Gasteiger partial charge in [0.1, 0.15) is 0 Å². The van der Waals surface area contributed by atoms with Crippen LogP contribution in [0.4, 0.5) is 0 Å². The Labute approximate surface area is 179 Å². The number of nitrogens with zero attached hydrogens (tertiary/aromatic N) is 3. The quantitative estimate of drug-likeness (QED) is 0.707. The first-order valence-electron chi connectivity index (χ1n) is 10.7. The number of amides is 2. The van der Waals surface area contributed by atoms with Crippen molar-refractivity contribution in [2.75, 3.05) is 26.2 Å². The zero-order chi connectivity index (χ0) is 21.4. The summed E-state index contributed by atoms with van der Waals surface area (Å²) in [5.41, 5.74) is 2.15. The Hall–Kier alpha value is -3.48. The second-order valence-electron chi connectivity index (χ2n) is 8.31. The van der Waals surface area contributed by atoms with E-state index >= 15 is 0 Å². The summed E-state index contributed by atoms with van der Waals surface area (Å²) in [4.78, 5) is 41.0. The van der Waals surface area contributed by atoms with Gasteiger partial charge in [0.25, 0.3) is 11.5 Å². The number of H-pyrrole nitrogens is 1. The van der Waals surface area contributed by atoms with Crippen LogP contribution < -0.4 is 5.56 Å². The van der Waals surface area contributed by atoms with E-state index in [-0.39, 0.29) is 23.3 Å². The normalized spacial score (nSPS) is 16.5. The molecule has 1 aliphatic carbocycles. The van der Waals surface area contributed by atoms with Crippen LogP contribution in [0.15, 0.2) is 53.3 Å². The average Bonchev–Trinajstić information content (AvgIpc) is 3.66. The fourth-order valence-corrected chi connectivity index (χ4v) is 4.21. The molecule has 2 heterocycles. The van der Waals surface area contributed by atoms with Crippen LogP contribution in [0.25, 0.3) is 10.8 Å². The second-order valence-corrected chi connectivity index (χ2v) is 8.31. The number of carbonyl (C=O) groups excluding carboxylic acids is 2. The van der Waals surface area contributed by atoms with Gasteiger partial charge in [-0.15, -0.1) is 0 Å². The molecule has 1 aliphatic heterocycles. The fraction of sp³-hybridized carbons (Fsp3) is 0.333. The lowest BCUT2D eigenvalue weighted by molar-refractivity contribution is -0.134. The summed E-state index contributed by atoms with van der Waals surface area (Å²) in [6.45, 7) is 2.34. The lowest BCUT2D eigenvalue weighted by Gasteiger charge is -2.35. The van der Waals surface area contributed by atoms with Crippen LogP contribution in [0.5, 0.6) is 0 Å². The smallest absolute Gasteiger partial charge is 0.272 e. The van der Waals surface area contributed by atoms with E-state index in [1.165, 1.54) is 0 Å². The summed E-state index contributed by atoms with van der Waals surface area (Å²) in [7, 11) is 0. The van der Waals surface area contributed by atoms with Crippen molar-refractivity contribution in [3.05, 3.63) is 75.7 Å². The van der Waals surface area contributed by atoms with Crippen LogP contribution >= 0.6 is 0 Å². The summed E-state index contributed by atoms with van der Waals surface area (Å²) < 4.78 is 0. The molecule has 0 radical (unpaired) electrons. The van der Waals surface area contributed by atoms with Gasteiger partial charge in [0.15, 0.2) is 0 Å². The Balaban J connectivity index is 1.31. The lowest BCUT2D eigenvalue weighted by Crippen LogP contribution is -2.51. The fourth-order valence-electron chi connectivity index (χ4n) is 4.21. The van der Waals surface area contributed by atoms with Gasteiger partial charge in [-0.2, -0.15) is 5.10 Å². The van der Waals surface area contributed by atoms with Gasteiger partial charge in [0, 0.05) is 49.5 Å². The van der Waals surface area contributed by atoms with E-state index in [4.69, 9.17) is 0 Å². The molecule has 158 valence electrons. The number of nitrogens with one attached hydrogen (secondary N) is 1. The van der Waals surface area contributed by atoms with Crippen LogP contribution in [0.2, 0.25) is 0 Å². The van der Waals surface area contributed by atoms with Crippen molar-refractivity contribution in [3.63, 3.8) is 0 Å². The molecular weight excluding hydrogens is 392 g/mol. The van der Waals surface area contributed by atoms with Crippen molar-refractivity contribution >= 4 is 22.6 Å². The topological polar surface area (TPSA) is 86.4 Å². The van der Waals surface area contributed by atoms with Gasteiger partial charge in [-0.05, 0) is 36.6 Å². The molecule has 0 spiro atoms. The molecule has 3 aromatic rings. The van der Waals surface area contributed by atoms with E-state index in [1.54, 1.807) is 6.07 Å². The number of aromatic nitrogens is 2. The molecular formula is C24H24N4O3. The Bertz CT molecular complexity index is 1210. The molecule has 2 aromatic carbocycles. The molecule has 7 heteroatoms. The number of carbonyl (C=O) groups is 2. The predicted molar refractivity (Wildman–Crippen MR) is 117 cm³/mol. The summed E-state index contributed by atoms with van der Waals surface area (Å²) >= 11 is 0. The van der Waals surface area contributed by atoms with Crippen molar-refractivity contribution < 1.29 is 9.59 Å². The van der Waals surface area contributed by atoms with E-state index < -0.39 is 0 Å². The van der Waals surface area contributed by atoms with Gasteiger partial charge in [-0.3, -0.25) is 14.4 Å². The lowest BCUT2D eigenvalue weighted by atomic mass is 10.0. The Kier molecular flexibility index (Phi) is 5.02. The number of rotatable bonds is 4. The Morgan fingerprint density at radius 1 is 0.935 bits per heavy atom. The maximum absolute atomic E-state index is 13.0. The summed E-state index contributed by atoms with van der Waals surface area (Å²) in [6.07, 6.45) is 2.52. The van der Waals surface area contributed by atoms with Crippen LogP contribution in [0, 0.1) is 5.92 Å². The minimum atomic E-state index is -0.206. The number of hydrogen-bond donors (Lipinski definition) is 1. The summed E-state index contributed by atoms with van der Waals surface area (Å²) in [6, 6.07) is 15.0. The molecule has 2 fully saturated rings. The molecule has 2 aliphatic rings. The van der Waals surface area contributed by atoms with Gasteiger partial charge in [0.05, 0.1) is 11.1 Å². The standard InChI is InChI=1S/C24H24N4O3/c29-22-20-7-2-1-6-19(20)21(25-26-22)15-16-4-3-5-18(14-16)24(31)28-12-10-27(11-13-28)23(30)17-8-9-17/h1-7,14,17H,8-13,15H2,(H,26,29). The van der Waals surface area contributed by atoms with E-state index in [0.29, 0.717) is 43.5 Å². The molecule has 1 N–H and O–H groups in total. The van der Waals surface area contributed by atoms with Gasteiger partial charge in [0.2, 0.25) is 5.91 Å². The van der Waals surface area contributed by atoms with Crippen molar-refractivity contribution in [2.24, 2.45) is 5.92 Å². The molecule has 1 saturated heterocycles. The van der Waals surface area contributed by atoms with Crippen molar-refractivity contribution in [3.8, 4) is 0 Å². The molecule has 0 bridgehead atoms. The highest BCUT2D eigenvalue weighted by Crippen LogP contribution is 2.31. The maximum Gasteiger partial charge on any atom is 0.272 e. The number of aromatic amines is 1. The average molecular weight is 416 g/mol. The van der Waals surface area contributed by atoms with Crippen molar-refractivity contribution in [2.45, 2.75) is 19.3 Å². The van der Waals surface area contributed by atoms with Crippen LogP contribution in [0.3, 0.4) is 0 Å². The predicted octanol–water partition coefficient (Wildman–Crippen LogP) is 2.21. The maximum atomic E-state index is 13.0. The number of hydrogen-bond acceptors (Lipinski definition) is 4. The highest BCUT2D eigenvalue weighted by atomic mass is 16.2. The zero-order valence-corrected chi connectivity index (χ0v) is 17.2. The number of benzene rings is 2. The molecule has 2 amide bonds. The van der Waals surface area contributed by atoms with E-state index in [2.05, 4.69) is 10.2 Å². The zero-order valence-electron chi connectivity index (χ0n) is 17.2. The van der Waals surface area contributed by atoms with Crippen LogP contribution in [-0.4, -0.2) is 58.0 Å². The van der Waals surface area contributed by atoms with E-state index in [0.717, 1.165) is 29.5 Å². The minimum Gasteiger partial charge on any atom is -0.339 e. The second kappa shape index (κ2) is 7.98. The minimum absolute atomic E-state index is 0.0142. The molecule has 1 aromatic heterocycles. The highest BCUT2D eigenvalue weighted by Gasteiger charge is 2.35. The first kappa shape index (κ1) is 19.5. The largest absolute Gasteiger partial charge is 0.339 e. The molecule has 31 heavy (non-hydrogen) atoms. The van der Waals surface area contributed by atoms with Crippen molar-refractivity contribution in [1.29, 1.82) is 0 Å². The van der Waals surface area contributed by atoms with Gasteiger partial charge >= 0.3 is 0 Å². The SMILES string of the molecule is O=C(c1cccc(Cc2n[nH]c(=O)c3ccccc23)c1)N1CCN(C(=O)C2CC2)CC1. The Morgan fingerprint density at radius 2 is 1.65 bits per heavy atom. The van der Waals surface area contributed by atoms with Gasteiger partial charge in [-0.1, -0.05) is 30.3 Å². The molecule has 1 saturated carbocycles. The van der Waals surface area contributed by atoms with Crippen LogP contribution in [0.1, 0.15) is 34.5 Å². The first-order chi connectivity index (χ1) is 15.1. The molecule has 0 atom stereocenters. The van der Waals surface area contributed by atoms with Gasteiger partial charge < -0.3 is 9.80 Å². The summed E-state index contributed by atoms with van der Waals surface area (Å²) in [5, 5.41) is 8.23. The van der Waals surface area contributed by atoms with Crippen molar-refractivity contribution in [1.82, 2.24) is 20.0 Å². The third kappa shape index (κ3) is 3.95. The first-order valence-corrected chi connectivity index (χ1v) is 10.7. The monoisotopic (exact) mass is 416 g/mol.